The number of rotatable bonds is 12. The predicted molar refractivity (Wildman–Crippen MR) is 139 cm³/mol. The van der Waals surface area contributed by atoms with E-state index in [2.05, 4.69) is 78.3 Å². The zero-order valence-corrected chi connectivity index (χ0v) is 22.1. The molecule has 0 fully saturated rings. The van der Waals surface area contributed by atoms with Crippen molar-refractivity contribution in [2.75, 3.05) is 0 Å². The van der Waals surface area contributed by atoms with Gasteiger partial charge in [0, 0.05) is 8.04 Å². The van der Waals surface area contributed by atoms with Gasteiger partial charge in [-0.05, 0) is 135 Å². The van der Waals surface area contributed by atoms with Crippen LogP contribution in [0.5, 0.6) is 0 Å². The fraction of sp³-hybridized carbons (Fsp3) is 0.615. The minimum absolute atomic E-state index is 1.23. The van der Waals surface area contributed by atoms with Crippen molar-refractivity contribution in [1.82, 2.24) is 0 Å². The highest BCUT2D eigenvalue weighted by atomic mass is 127. The van der Waals surface area contributed by atoms with Crippen molar-refractivity contribution < 1.29 is 0 Å². The Morgan fingerprint density at radius 2 is 0.964 bits per heavy atom. The van der Waals surface area contributed by atoms with Crippen LogP contribution in [0.3, 0.4) is 0 Å². The maximum atomic E-state index is 3.83. The molecular formula is C26H38BrI. The van der Waals surface area contributed by atoms with Crippen LogP contribution >= 0.6 is 38.5 Å². The standard InChI is InChI=1S/C26H38BrI/c1-5-9-13-19-20(14-10-6-2)22(16-12-8-4)24-18-26(28)25(27)17-23(24)21(19)15-11-7-3/h17-18H,5-16H2,1-4H3. The lowest BCUT2D eigenvalue weighted by atomic mass is 9.82. The van der Waals surface area contributed by atoms with E-state index in [-0.39, 0.29) is 0 Å². The first kappa shape index (κ1) is 24.2. The van der Waals surface area contributed by atoms with Crippen molar-refractivity contribution in [3.05, 3.63) is 42.4 Å². The van der Waals surface area contributed by atoms with E-state index in [4.69, 9.17) is 0 Å². The van der Waals surface area contributed by atoms with Crippen LogP contribution < -0.4 is 0 Å². The maximum absolute atomic E-state index is 3.83. The fourth-order valence-corrected chi connectivity index (χ4v) is 5.13. The molecule has 0 aliphatic rings. The average molecular weight is 557 g/mol. The number of aryl methyl sites for hydroxylation is 2. The Morgan fingerprint density at radius 1 is 0.607 bits per heavy atom. The van der Waals surface area contributed by atoms with Gasteiger partial charge in [-0.25, -0.2) is 0 Å². The van der Waals surface area contributed by atoms with Crippen LogP contribution in [0.2, 0.25) is 0 Å². The van der Waals surface area contributed by atoms with E-state index < -0.39 is 0 Å². The van der Waals surface area contributed by atoms with Crippen molar-refractivity contribution in [3.8, 4) is 0 Å². The Morgan fingerprint density at radius 3 is 1.36 bits per heavy atom. The van der Waals surface area contributed by atoms with E-state index in [1.807, 2.05) is 0 Å². The first-order chi connectivity index (χ1) is 13.6. The quantitative estimate of drug-likeness (QED) is 0.228. The van der Waals surface area contributed by atoms with E-state index in [9.17, 15) is 0 Å². The summed E-state index contributed by atoms with van der Waals surface area (Å²) in [6.07, 6.45) is 15.3. The van der Waals surface area contributed by atoms with Gasteiger partial charge in [0.1, 0.15) is 0 Å². The summed E-state index contributed by atoms with van der Waals surface area (Å²) >= 11 is 6.32. The van der Waals surface area contributed by atoms with Gasteiger partial charge in [-0.2, -0.15) is 0 Å². The zero-order chi connectivity index (χ0) is 20.5. The van der Waals surface area contributed by atoms with Crippen molar-refractivity contribution >= 4 is 49.3 Å². The van der Waals surface area contributed by atoms with Crippen LogP contribution in [0, 0.1) is 3.57 Å². The number of unbranched alkanes of at least 4 members (excludes halogenated alkanes) is 4. The molecule has 0 amide bonds. The van der Waals surface area contributed by atoms with E-state index in [0.29, 0.717) is 0 Å². The van der Waals surface area contributed by atoms with Gasteiger partial charge in [0.2, 0.25) is 0 Å². The number of hydrogen-bond donors (Lipinski definition) is 0. The summed E-state index contributed by atoms with van der Waals surface area (Å²) in [7, 11) is 0. The summed E-state index contributed by atoms with van der Waals surface area (Å²) in [6, 6.07) is 4.88. The summed E-state index contributed by atoms with van der Waals surface area (Å²) in [5.74, 6) is 0. The Bertz CT molecular complexity index is 699. The monoisotopic (exact) mass is 556 g/mol. The summed E-state index contributed by atoms with van der Waals surface area (Å²) in [5, 5.41) is 3.07. The van der Waals surface area contributed by atoms with Gasteiger partial charge in [-0.15, -0.1) is 0 Å². The highest BCUT2D eigenvalue weighted by Gasteiger charge is 2.19. The summed E-state index contributed by atoms with van der Waals surface area (Å²) in [4.78, 5) is 0. The molecular weight excluding hydrogens is 519 g/mol. The van der Waals surface area contributed by atoms with E-state index in [1.165, 1.54) is 90.5 Å². The van der Waals surface area contributed by atoms with Gasteiger partial charge >= 0.3 is 0 Å². The van der Waals surface area contributed by atoms with Gasteiger partial charge < -0.3 is 0 Å². The first-order valence-electron chi connectivity index (χ1n) is 11.5. The van der Waals surface area contributed by atoms with Crippen LogP contribution in [0.4, 0.5) is 0 Å². The molecule has 2 aromatic rings. The Labute approximate surface area is 195 Å². The second-order valence-corrected chi connectivity index (χ2v) is 10.2. The molecule has 2 rings (SSSR count). The fourth-order valence-electron chi connectivity index (χ4n) is 4.32. The summed E-state index contributed by atoms with van der Waals surface area (Å²) in [5.41, 5.74) is 6.77. The third-order valence-electron chi connectivity index (χ3n) is 5.92. The number of benzene rings is 2. The maximum Gasteiger partial charge on any atom is 0.0315 e. The second-order valence-electron chi connectivity index (χ2n) is 8.14. The molecule has 0 atom stereocenters. The van der Waals surface area contributed by atoms with Crippen molar-refractivity contribution in [2.45, 2.75) is 105 Å². The average Bonchev–Trinajstić information content (AvgIpc) is 2.69. The smallest absolute Gasteiger partial charge is 0.0315 e. The van der Waals surface area contributed by atoms with Gasteiger partial charge in [0.25, 0.3) is 0 Å². The van der Waals surface area contributed by atoms with Crippen LogP contribution in [0.15, 0.2) is 16.6 Å². The normalized spacial score (nSPS) is 11.5. The molecule has 2 heteroatoms. The lowest BCUT2D eigenvalue weighted by Gasteiger charge is -2.24. The molecule has 0 bridgehead atoms. The van der Waals surface area contributed by atoms with Crippen LogP contribution in [0.25, 0.3) is 10.8 Å². The van der Waals surface area contributed by atoms with Crippen LogP contribution in [-0.2, 0) is 25.7 Å². The molecule has 0 N–H and O–H groups in total. The molecule has 156 valence electrons. The van der Waals surface area contributed by atoms with Gasteiger partial charge in [-0.1, -0.05) is 53.4 Å². The molecule has 0 radical (unpaired) electrons. The summed E-state index contributed by atoms with van der Waals surface area (Å²) in [6.45, 7) is 9.30. The molecule has 0 saturated carbocycles. The lowest BCUT2D eigenvalue weighted by Crippen LogP contribution is -2.08. The van der Waals surface area contributed by atoms with E-state index >= 15 is 0 Å². The molecule has 0 spiro atoms. The Hall–Kier alpha value is -0.0900. The molecule has 0 aliphatic carbocycles. The second kappa shape index (κ2) is 12.6. The number of halogens is 2. The zero-order valence-electron chi connectivity index (χ0n) is 18.4. The molecule has 28 heavy (non-hydrogen) atoms. The molecule has 0 saturated heterocycles. The van der Waals surface area contributed by atoms with E-state index in [0.717, 1.165) is 0 Å². The van der Waals surface area contributed by atoms with Crippen LogP contribution in [-0.4, -0.2) is 0 Å². The van der Waals surface area contributed by atoms with E-state index in [1.54, 1.807) is 27.6 Å². The summed E-state index contributed by atoms with van der Waals surface area (Å²) < 4.78 is 2.59. The molecule has 2 aromatic carbocycles. The van der Waals surface area contributed by atoms with Crippen molar-refractivity contribution in [2.24, 2.45) is 0 Å². The SMILES string of the molecule is CCCCc1c(CCCC)c(CCCC)c2cc(I)c(Br)cc2c1CCCC. The Balaban J connectivity index is 2.82. The Kier molecular flexibility index (Phi) is 10.9. The molecule has 0 nitrogen and oxygen atoms in total. The molecule has 0 aromatic heterocycles. The van der Waals surface area contributed by atoms with Crippen molar-refractivity contribution in [3.63, 3.8) is 0 Å². The predicted octanol–water partition coefficient (Wildman–Crippen LogP) is 9.58. The molecule has 0 heterocycles. The third kappa shape index (κ3) is 5.97. The van der Waals surface area contributed by atoms with Crippen molar-refractivity contribution in [1.29, 1.82) is 0 Å². The van der Waals surface area contributed by atoms with Gasteiger partial charge in [0.15, 0.2) is 0 Å². The minimum atomic E-state index is 1.23. The van der Waals surface area contributed by atoms with Gasteiger partial charge in [0.05, 0.1) is 0 Å². The first-order valence-corrected chi connectivity index (χ1v) is 13.4. The van der Waals surface area contributed by atoms with Gasteiger partial charge in [-0.3, -0.25) is 0 Å². The minimum Gasteiger partial charge on any atom is -0.0654 e. The van der Waals surface area contributed by atoms with Crippen LogP contribution in [0.1, 0.15) is 101 Å². The largest absolute Gasteiger partial charge is 0.0654 e. The highest BCUT2D eigenvalue weighted by molar-refractivity contribution is 14.1. The third-order valence-corrected chi connectivity index (χ3v) is 8.21. The number of fused-ring (bicyclic) bond motifs is 1. The number of hydrogen-bond acceptors (Lipinski definition) is 0. The topological polar surface area (TPSA) is 0 Å². The highest BCUT2D eigenvalue weighted by Crippen LogP contribution is 2.38. The molecule has 0 unspecified atom stereocenters. The molecule has 0 aliphatic heterocycles. The lowest BCUT2D eigenvalue weighted by molar-refractivity contribution is 0.724.